The molecule has 12 amide bonds. The fourth-order valence-corrected chi connectivity index (χ4v) is 10.0. The summed E-state index contributed by atoms with van der Waals surface area (Å²) in [6.45, 7) is 12.1. The third-order valence-corrected chi connectivity index (χ3v) is 15.9. The van der Waals surface area contributed by atoms with Crippen LogP contribution in [0.25, 0.3) is 0 Å². The van der Waals surface area contributed by atoms with Crippen LogP contribution in [-0.4, -0.2) is 206 Å². The molecule has 0 saturated heterocycles. The average molecular weight is 1400 g/mol. The van der Waals surface area contributed by atoms with Crippen LogP contribution in [0.3, 0.4) is 0 Å². The fourth-order valence-electron chi connectivity index (χ4n) is 9.56. The third kappa shape index (κ3) is 30.4. The van der Waals surface area contributed by atoms with Gasteiger partial charge in [-0.25, -0.2) is 4.79 Å². The number of benzene rings is 2. The van der Waals surface area contributed by atoms with Gasteiger partial charge in [-0.2, -0.15) is 11.8 Å². The SMILES string of the molecule is CSCC[C@H](NC(=O)[C@@H](NC(=O)[C@@H](N)[C@@H](C)O)C(C)C)C(=O)N[C@@H](CCC(=O)O)C(=O)N[C@@H](CC(N)=O)C(=O)N[C@@H](Cc1ccccc1)C(=O)N[C@H](C(=O)N[C@@H](C)C(=O)N[C@@H](Cc1ccccc1)C(=O)N[C@H](C(=O)N[C@@H](CC(=O)O)C(=O)N[C@@H](CCCCN)C(=O)O)C(C)C)C(C)C. The zero-order valence-corrected chi connectivity index (χ0v) is 57.4. The predicted molar refractivity (Wildman–Crippen MR) is 358 cm³/mol. The normalized spacial score (nSPS) is 15.2. The Morgan fingerprint density at radius 3 is 1.19 bits per heavy atom. The monoisotopic (exact) mass is 1400 g/mol. The first-order chi connectivity index (χ1) is 46.0. The van der Waals surface area contributed by atoms with E-state index in [4.69, 9.17) is 17.2 Å². The zero-order chi connectivity index (χ0) is 74.1. The first kappa shape index (κ1) is 84.8. The maximum atomic E-state index is 14.5. The zero-order valence-electron chi connectivity index (χ0n) is 56.5. The largest absolute Gasteiger partial charge is 0.481 e. The molecule has 0 bridgehead atoms. The lowest BCUT2D eigenvalue weighted by Gasteiger charge is -2.29. The second-order valence-electron chi connectivity index (χ2n) is 24.6. The molecule has 0 aliphatic carbocycles. The van der Waals surface area contributed by atoms with Gasteiger partial charge in [0.2, 0.25) is 70.9 Å². The average Bonchev–Trinajstić information content (AvgIpc) is 0.886. The summed E-state index contributed by atoms with van der Waals surface area (Å²) < 4.78 is 0. The lowest BCUT2D eigenvalue weighted by Crippen LogP contribution is -2.62. The minimum atomic E-state index is -1.90. The number of carboxylic acid groups (broad SMARTS) is 3. The number of nitrogens with two attached hydrogens (primary N) is 3. The summed E-state index contributed by atoms with van der Waals surface area (Å²) >= 11 is 1.29. The number of aliphatic carboxylic acids is 3. The van der Waals surface area contributed by atoms with Gasteiger partial charge in [-0.1, -0.05) is 102 Å². The maximum absolute atomic E-state index is 14.5. The molecule has 2 aromatic rings. The van der Waals surface area contributed by atoms with Crippen LogP contribution < -0.4 is 75.7 Å². The van der Waals surface area contributed by atoms with Gasteiger partial charge in [-0.15, -0.1) is 0 Å². The van der Waals surface area contributed by atoms with Crippen LogP contribution in [0.1, 0.15) is 118 Å². The van der Waals surface area contributed by atoms with Gasteiger partial charge in [0.05, 0.1) is 18.9 Å². The van der Waals surface area contributed by atoms with Crippen molar-refractivity contribution in [3.8, 4) is 0 Å². The molecule has 21 N–H and O–H groups in total. The van der Waals surface area contributed by atoms with Crippen molar-refractivity contribution in [2.75, 3.05) is 18.6 Å². The molecule has 13 atom stereocenters. The molecule has 0 heterocycles. The molecule has 2 aromatic carbocycles. The number of carbonyl (C=O) groups is 15. The number of aliphatic hydroxyl groups is 1. The van der Waals surface area contributed by atoms with Crippen LogP contribution in [0.4, 0.5) is 0 Å². The number of rotatable bonds is 45. The Morgan fingerprint density at radius 1 is 0.418 bits per heavy atom. The Hall–Kier alpha value is -9.28. The molecule has 0 aliphatic heterocycles. The molecule has 0 saturated carbocycles. The molecule has 33 nitrogen and oxygen atoms in total. The molecule has 0 aromatic heterocycles. The Bertz CT molecular complexity index is 3050. The topological polar surface area (TPSA) is 547 Å². The maximum Gasteiger partial charge on any atom is 0.326 e. The summed E-state index contributed by atoms with van der Waals surface area (Å²) in [7, 11) is 0. The van der Waals surface area contributed by atoms with Gasteiger partial charge < -0.3 is 96.1 Å². The standard InChI is InChI=1S/C64H98N14O19S/c1-32(2)50(61(93)68-35(7)53(85)72-42(28-37-18-12-10-13-19-37)58(90)77-51(33(3)4)63(95)75-45(31-48(83)84)57(89)71-41(64(96)97)22-16-17-26-65)76-59(91)43(29-38-20-14-11-15-21-38)73-56(88)44(30-46(66)80)74-54(86)39(23-24-47(81)82)69-55(87)40(25-27-98-9)70-62(94)52(34(5)6)78-60(92)49(67)36(8)79/h10-15,18-21,32-36,39-45,49-52,79H,16-17,22-31,65,67H2,1-9H3,(H2,66,80)(H,68,93)(H,69,87)(H,70,94)(H,71,89)(H,72,85)(H,73,88)(H,74,86)(H,75,95)(H,76,91)(H,77,90)(H,78,92)(H,81,82)(H,83,84)(H,96,97)/t35-,36+,39-,40-,41-,42-,43-,44-,45-,49-,50-,51-,52-/m0/s1. The molecule has 34 heteroatoms. The number of aliphatic hydroxyl groups excluding tert-OH is 1. The van der Waals surface area contributed by atoms with Crippen molar-refractivity contribution in [3.05, 3.63) is 71.8 Å². The van der Waals surface area contributed by atoms with Crippen LogP contribution in [0.5, 0.6) is 0 Å². The number of unbranched alkanes of at least 4 members (excludes halogenated alkanes) is 1. The van der Waals surface area contributed by atoms with Crippen molar-refractivity contribution in [1.82, 2.24) is 58.5 Å². The number of carbonyl (C=O) groups excluding carboxylic acids is 12. The Labute approximate surface area is 572 Å². The van der Waals surface area contributed by atoms with Gasteiger partial charge in [0.1, 0.15) is 72.5 Å². The fraction of sp³-hybridized carbons (Fsp3) is 0.578. The first-order valence-corrected chi connectivity index (χ1v) is 33.4. The molecule has 0 unspecified atom stereocenters. The molecule has 0 fully saturated rings. The van der Waals surface area contributed by atoms with Crippen LogP contribution in [-0.2, 0) is 84.8 Å². The molecular formula is C64H98N14O19S. The van der Waals surface area contributed by atoms with E-state index in [2.05, 4.69) is 58.5 Å². The lowest BCUT2D eigenvalue weighted by molar-refractivity contribution is -0.144. The molecular weight excluding hydrogens is 1300 g/mol. The van der Waals surface area contributed by atoms with Gasteiger partial charge in [-0.3, -0.25) is 67.1 Å². The van der Waals surface area contributed by atoms with E-state index in [-0.39, 0.29) is 38.0 Å². The van der Waals surface area contributed by atoms with Gasteiger partial charge in [0.25, 0.3) is 0 Å². The van der Waals surface area contributed by atoms with Gasteiger partial charge in [0.15, 0.2) is 0 Å². The van der Waals surface area contributed by atoms with E-state index in [0.717, 1.165) is 0 Å². The smallest absolute Gasteiger partial charge is 0.326 e. The summed E-state index contributed by atoms with van der Waals surface area (Å²) in [4.78, 5) is 202. The van der Waals surface area contributed by atoms with Crippen LogP contribution in [0, 0.1) is 17.8 Å². The van der Waals surface area contributed by atoms with Crippen molar-refractivity contribution in [2.45, 2.75) is 198 Å². The molecule has 544 valence electrons. The number of hydrogen-bond acceptors (Lipinski definition) is 19. The molecule has 0 spiro atoms. The van der Waals surface area contributed by atoms with Crippen molar-refractivity contribution in [3.63, 3.8) is 0 Å². The number of primary amides is 1. The van der Waals surface area contributed by atoms with E-state index < -0.39 is 211 Å². The number of amides is 12. The summed E-state index contributed by atoms with van der Waals surface area (Å²) in [6.07, 6.45) is -2.57. The Morgan fingerprint density at radius 2 is 0.786 bits per heavy atom. The second-order valence-corrected chi connectivity index (χ2v) is 25.6. The molecule has 2 rings (SSSR count). The highest BCUT2D eigenvalue weighted by Crippen LogP contribution is 2.14. The van der Waals surface area contributed by atoms with Crippen LogP contribution >= 0.6 is 11.8 Å². The summed E-state index contributed by atoms with van der Waals surface area (Å²) in [6, 6.07) is -2.02. The van der Waals surface area contributed by atoms with E-state index in [1.165, 1.54) is 39.5 Å². The van der Waals surface area contributed by atoms with E-state index in [9.17, 15) is 92.3 Å². The molecule has 98 heavy (non-hydrogen) atoms. The lowest BCUT2D eigenvalue weighted by atomic mass is 9.99. The van der Waals surface area contributed by atoms with E-state index in [1.54, 1.807) is 94.6 Å². The third-order valence-electron chi connectivity index (χ3n) is 15.3. The molecule has 0 aliphatic rings. The van der Waals surface area contributed by atoms with Gasteiger partial charge in [0, 0.05) is 19.3 Å². The highest BCUT2D eigenvalue weighted by molar-refractivity contribution is 7.98. The van der Waals surface area contributed by atoms with Gasteiger partial charge >= 0.3 is 17.9 Å². The number of carboxylic acids is 3. The van der Waals surface area contributed by atoms with Crippen LogP contribution in [0.15, 0.2) is 60.7 Å². The van der Waals surface area contributed by atoms with Crippen molar-refractivity contribution < 1.29 is 92.3 Å². The van der Waals surface area contributed by atoms with E-state index in [0.29, 0.717) is 24.0 Å². The number of thioether (sulfide) groups is 1. The van der Waals surface area contributed by atoms with E-state index >= 15 is 0 Å². The first-order valence-electron chi connectivity index (χ1n) is 32.0. The van der Waals surface area contributed by atoms with Crippen molar-refractivity contribution in [2.24, 2.45) is 35.0 Å². The Balaban J connectivity index is 2.47. The predicted octanol–water partition coefficient (Wildman–Crippen LogP) is -3.32. The van der Waals surface area contributed by atoms with E-state index in [1.807, 2.05) is 0 Å². The molecule has 0 radical (unpaired) electrons. The summed E-state index contributed by atoms with van der Waals surface area (Å²) in [5.74, 6) is -18.3. The summed E-state index contributed by atoms with van der Waals surface area (Å²) in [5.41, 5.74) is 17.8. The second kappa shape index (κ2) is 43.1. The van der Waals surface area contributed by atoms with Crippen LogP contribution in [0.2, 0.25) is 0 Å². The minimum Gasteiger partial charge on any atom is -0.481 e. The Kier molecular flexibility index (Phi) is 37.3. The van der Waals surface area contributed by atoms with Crippen molar-refractivity contribution >= 4 is 101 Å². The number of hydrogen-bond donors (Lipinski definition) is 18. The minimum absolute atomic E-state index is 0.0457. The number of nitrogens with one attached hydrogen (secondary N) is 11. The summed E-state index contributed by atoms with van der Waals surface area (Å²) in [5, 5.41) is 66.0. The quantitative estimate of drug-likeness (QED) is 0.0289. The van der Waals surface area contributed by atoms with Gasteiger partial charge in [-0.05, 0) is 93.4 Å². The van der Waals surface area contributed by atoms with Crippen molar-refractivity contribution in [1.29, 1.82) is 0 Å². The highest BCUT2D eigenvalue weighted by Gasteiger charge is 2.39. The highest BCUT2D eigenvalue weighted by atomic mass is 32.2.